The number of aromatic nitrogens is 1. The van der Waals surface area contributed by atoms with E-state index >= 15 is 0 Å². The molecule has 4 rings (SSSR count). The number of ketones is 1. The Labute approximate surface area is 204 Å². The summed E-state index contributed by atoms with van der Waals surface area (Å²) in [5.74, 6) is -1.17. The first kappa shape index (κ1) is 25.3. The Morgan fingerprint density at radius 3 is 2.34 bits per heavy atom. The van der Waals surface area contributed by atoms with Crippen molar-refractivity contribution in [2.45, 2.75) is 77.4 Å². The van der Waals surface area contributed by atoms with Crippen molar-refractivity contribution >= 4 is 11.7 Å². The van der Waals surface area contributed by atoms with Crippen LogP contribution in [0.3, 0.4) is 0 Å². The molecule has 1 amide bonds. The van der Waals surface area contributed by atoms with Gasteiger partial charge in [-0.2, -0.15) is 13.2 Å². The van der Waals surface area contributed by atoms with Crippen LogP contribution in [-0.4, -0.2) is 52.1 Å². The molecule has 3 heterocycles. The molecule has 1 N–H and O–H groups in total. The van der Waals surface area contributed by atoms with Crippen LogP contribution in [0.4, 0.5) is 13.2 Å². The maximum Gasteiger partial charge on any atom is 0.456 e. The zero-order chi connectivity index (χ0) is 25.8. The molecule has 192 valence electrons. The number of piperidine rings is 1. The highest BCUT2D eigenvalue weighted by Crippen LogP contribution is 2.41. The molecule has 2 aromatic rings. The summed E-state index contributed by atoms with van der Waals surface area (Å²) in [7, 11) is 0. The van der Waals surface area contributed by atoms with E-state index in [9.17, 15) is 22.8 Å². The van der Waals surface area contributed by atoms with E-state index in [1.165, 1.54) is 10.6 Å². The zero-order valence-electron chi connectivity index (χ0n) is 20.8. The molecule has 1 aromatic carbocycles. The molecule has 1 aromatic heterocycles. The van der Waals surface area contributed by atoms with Crippen LogP contribution >= 0.6 is 0 Å². The van der Waals surface area contributed by atoms with E-state index in [4.69, 9.17) is 4.74 Å². The fourth-order valence-electron chi connectivity index (χ4n) is 5.37. The second-order valence-electron chi connectivity index (χ2n) is 10.5. The minimum Gasteiger partial charge on any atom is -0.491 e. The van der Waals surface area contributed by atoms with Crippen LogP contribution < -0.4 is 10.1 Å². The number of benzene rings is 1. The number of nitrogens with one attached hydrogen (secondary N) is 1. The quantitative estimate of drug-likeness (QED) is 0.603. The van der Waals surface area contributed by atoms with Gasteiger partial charge in [-0.25, -0.2) is 0 Å². The normalized spacial score (nSPS) is 19.1. The number of nitrogens with zero attached hydrogens (tertiary/aromatic N) is 2. The minimum atomic E-state index is -4.93. The molecular weight excluding hydrogens is 459 g/mol. The van der Waals surface area contributed by atoms with Crippen LogP contribution in [0.15, 0.2) is 30.3 Å². The van der Waals surface area contributed by atoms with Gasteiger partial charge in [-0.05, 0) is 83.4 Å². The summed E-state index contributed by atoms with van der Waals surface area (Å²) in [6.07, 6.45) is -3.84. The third-order valence-corrected chi connectivity index (χ3v) is 6.78. The van der Waals surface area contributed by atoms with E-state index in [0.29, 0.717) is 37.2 Å². The fourth-order valence-corrected chi connectivity index (χ4v) is 5.37. The highest BCUT2D eigenvalue weighted by molar-refractivity contribution is 5.99. The lowest BCUT2D eigenvalue weighted by Gasteiger charge is -2.51. The summed E-state index contributed by atoms with van der Waals surface area (Å²) >= 11 is 0. The lowest BCUT2D eigenvalue weighted by atomic mass is 9.79. The number of carbonyl (C=O) groups excluding carboxylic acids is 2. The number of Topliss-reactive ketones (excluding diaryl/α,β-unsaturated/α-hetero) is 1. The zero-order valence-corrected chi connectivity index (χ0v) is 20.8. The molecule has 1 fully saturated rings. The lowest BCUT2D eigenvalue weighted by Crippen LogP contribution is -2.63. The summed E-state index contributed by atoms with van der Waals surface area (Å²) in [5, 5.41) is 3.62. The second-order valence-corrected chi connectivity index (χ2v) is 10.5. The number of likely N-dealkylation sites (tertiary alicyclic amines) is 1. The molecule has 0 unspecified atom stereocenters. The Kier molecular flexibility index (Phi) is 6.28. The molecule has 6 nitrogen and oxygen atoms in total. The van der Waals surface area contributed by atoms with Crippen LogP contribution in [-0.2, 0) is 12.1 Å². The first-order valence-corrected chi connectivity index (χ1v) is 11.9. The number of hydrogen-bond acceptors (Lipinski definition) is 4. The van der Waals surface area contributed by atoms with Crippen molar-refractivity contribution in [1.82, 2.24) is 14.8 Å². The Bertz CT molecular complexity index is 1150. The van der Waals surface area contributed by atoms with Gasteiger partial charge in [0.25, 0.3) is 11.7 Å². The molecule has 2 aliphatic rings. The van der Waals surface area contributed by atoms with Gasteiger partial charge in [-0.1, -0.05) is 0 Å². The molecular formula is C26H34F3N3O3. The molecule has 35 heavy (non-hydrogen) atoms. The van der Waals surface area contributed by atoms with Crippen LogP contribution in [0.1, 0.15) is 74.1 Å². The molecule has 9 heteroatoms. The lowest BCUT2D eigenvalue weighted by molar-refractivity contribution is -0.0892. The van der Waals surface area contributed by atoms with Gasteiger partial charge in [0.2, 0.25) is 0 Å². The van der Waals surface area contributed by atoms with Crippen molar-refractivity contribution in [3.63, 3.8) is 0 Å². The summed E-state index contributed by atoms with van der Waals surface area (Å²) in [4.78, 5) is 27.1. The van der Waals surface area contributed by atoms with Crippen molar-refractivity contribution in [3.05, 3.63) is 52.8 Å². The molecule has 0 saturated carbocycles. The van der Waals surface area contributed by atoms with Gasteiger partial charge in [0.1, 0.15) is 5.75 Å². The van der Waals surface area contributed by atoms with E-state index < -0.39 is 23.0 Å². The van der Waals surface area contributed by atoms with Crippen molar-refractivity contribution < 1.29 is 28.9 Å². The largest absolute Gasteiger partial charge is 0.491 e. The van der Waals surface area contributed by atoms with Crippen LogP contribution in [0.2, 0.25) is 0 Å². The Morgan fingerprint density at radius 1 is 1.11 bits per heavy atom. The third-order valence-electron chi connectivity index (χ3n) is 6.78. The van der Waals surface area contributed by atoms with Gasteiger partial charge in [0.15, 0.2) is 0 Å². The first-order valence-electron chi connectivity index (χ1n) is 11.9. The summed E-state index contributed by atoms with van der Waals surface area (Å²) < 4.78 is 46.9. The Balaban J connectivity index is 0.00000361. The van der Waals surface area contributed by atoms with Gasteiger partial charge in [0, 0.05) is 37.9 Å². The second kappa shape index (κ2) is 8.69. The summed E-state index contributed by atoms with van der Waals surface area (Å²) in [6, 6.07) is 8.30. The first-order chi connectivity index (χ1) is 16.2. The number of aryl methyl sites for hydroxylation is 1. The average Bonchev–Trinajstić information content (AvgIpc) is 3.17. The van der Waals surface area contributed by atoms with Gasteiger partial charge in [-0.15, -0.1) is 0 Å². The number of carbonyl (C=O) groups is 2. The van der Waals surface area contributed by atoms with E-state index in [1.54, 1.807) is 17.0 Å². The topological polar surface area (TPSA) is 63.6 Å². The number of amides is 1. The molecule has 0 atom stereocenters. The fraction of sp³-hybridized carbons (Fsp3) is 0.538. The highest BCUT2D eigenvalue weighted by atomic mass is 19.4. The standard InChI is InChI=1S/C26H32F3N3O3.H2/c1-16(2)35-20-8-6-18(14-17(20)3)23(34)31-12-10-25(11-13-31)21-9-7-19(22(33)26(27,28)29)32(21)15-24(4,5)30-25;/h6-9,14,16,30H,10-13,15H2,1-5H3;1H. The molecule has 0 bridgehead atoms. The van der Waals surface area contributed by atoms with Crippen LogP contribution in [0, 0.1) is 6.92 Å². The smallest absolute Gasteiger partial charge is 0.456 e. The Hall–Kier alpha value is -2.81. The number of alkyl halides is 3. The monoisotopic (exact) mass is 493 g/mol. The van der Waals surface area contributed by atoms with E-state index in [0.717, 1.165) is 11.3 Å². The van der Waals surface area contributed by atoms with Gasteiger partial charge < -0.3 is 14.2 Å². The number of rotatable bonds is 4. The predicted octanol–water partition coefficient (Wildman–Crippen LogP) is 5.09. The molecule has 0 radical (unpaired) electrons. The molecule has 2 aliphatic heterocycles. The van der Waals surface area contributed by atoms with Crippen molar-refractivity contribution in [1.29, 1.82) is 0 Å². The summed E-state index contributed by atoms with van der Waals surface area (Å²) in [5.41, 5.74) is 0.651. The van der Waals surface area contributed by atoms with Crippen LogP contribution in [0.5, 0.6) is 5.75 Å². The van der Waals surface area contributed by atoms with Crippen molar-refractivity contribution in [3.8, 4) is 5.75 Å². The van der Waals surface area contributed by atoms with Crippen LogP contribution in [0.25, 0.3) is 0 Å². The average molecular weight is 494 g/mol. The molecule has 0 aliphatic carbocycles. The number of halogens is 3. The maximum absolute atomic E-state index is 13.2. The van der Waals surface area contributed by atoms with E-state index in [2.05, 4.69) is 5.32 Å². The van der Waals surface area contributed by atoms with Gasteiger partial charge in [0.05, 0.1) is 17.3 Å². The highest BCUT2D eigenvalue weighted by Gasteiger charge is 2.49. The Morgan fingerprint density at radius 2 is 1.77 bits per heavy atom. The van der Waals surface area contributed by atoms with E-state index in [-0.39, 0.29) is 25.7 Å². The minimum absolute atomic E-state index is 0. The number of fused-ring (bicyclic) bond motifs is 2. The van der Waals surface area contributed by atoms with Crippen molar-refractivity contribution in [2.75, 3.05) is 13.1 Å². The summed E-state index contributed by atoms with van der Waals surface area (Å²) in [6.45, 7) is 10.8. The third kappa shape index (κ3) is 4.83. The number of ether oxygens (including phenoxy) is 1. The van der Waals surface area contributed by atoms with Gasteiger partial charge in [-0.3, -0.25) is 14.9 Å². The molecule has 1 spiro atoms. The maximum atomic E-state index is 13.2. The van der Waals surface area contributed by atoms with Gasteiger partial charge >= 0.3 is 6.18 Å². The van der Waals surface area contributed by atoms with Crippen molar-refractivity contribution in [2.24, 2.45) is 0 Å². The SMILES string of the molecule is Cc1cc(C(=O)N2CCC3(CC2)NC(C)(C)Cn2c(C(=O)C(F)(F)F)ccc23)ccc1OC(C)C.[HH]. The number of hydrogen-bond donors (Lipinski definition) is 1. The predicted molar refractivity (Wildman–Crippen MR) is 128 cm³/mol. The molecule has 1 saturated heterocycles. The van der Waals surface area contributed by atoms with E-state index in [1.807, 2.05) is 46.8 Å².